The highest BCUT2D eigenvalue weighted by atomic mass is 32.2. The second-order valence-corrected chi connectivity index (χ2v) is 13.2. The number of nitrogens with zero attached hydrogens (tertiary/aromatic N) is 6. The number of benzene rings is 1. The fourth-order valence-corrected chi connectivity index (χ4v) is 7.54. The molecule has 38 heavy (non-hydrogen) atoms. The van der Waals surface area contributed by atoms with Crippen molar-refractivity contribution in [3.8, 4) is 11.5 Å². The average molecular weight is 554 g/mol. The van der Waals surface area contributed by atoms with E-state index in [1.807, 2.05) is 6.92 Å². The second kappa shape index (κ2) is 9.97. The van der Waals surface area contributed by atoms with E-state index >= 15 is 0 Å². The average Bonchev–Trinajstić information content (AvgIpc) is 3.61. The van der Waals surface area contributed by atoms with Crippen LogP contribution in [-0.2, 0) is 29.4 Å². The van der Waals surface area contributed by atoms with Gasteiger partial charge in [0.2, 0.25) is 15.9 Å². The number of nitrogens with two attached hydrogens (primary N) is 1. The van der Waals surface area contributed by atoms with E-state index in [-0.39, 0.29) is 5.92 Å². The zero-order chi connectivity index (χ0) is 26.4. The fourth-order valence-electron chi connectivity index (χ4n) is 5.52. The Labute approximate surface area is 226 Å². The molecule has 0 saturated carbocycles. The normalized spacial score (nSPS) is 18.3. The smallest absolute Gasteiger partial charge is 0.227 e. The largest absolute Gasteiger partial charge is 0.441 e. The molecule has 200 valence electrons. The number of piperidine rings is 1. The van der Waals surface area contributed by atoms with Crippen LogP contribution in [0.1, 0.15) is 42.6 Å². The van der Waals surface area contributed by atoms with Crippen LogP contribution in [0.4, 0.5) is 5.82 Å². The standard InChI is InChI=1S/C26H31N7O3S2/c1-16-13-28-25(36-16)20-11-18-6-3-7-19(18)12-21(20)37-26-31-22-23(27)29-15-30-24(22)33(26)10-8-17-5-4-9-32(14-17)38(2,34)35/h11-13,15,17H,3-10,14H2,1-2H3,(H2,27,29,30). The molecule has 1 aliphatic heterocycles. The second-order valence-electron chi connectivity index (χ2n) is 10.2. The maximum atomic E-state index is 12.1. The molecule has 10 nitrogen and oxygen atoms in total. The Balaban J connectivity index is 1.35. The number of nitrogen functional groups attached to an aromatic ring is 1. The molecule has 1 aliphatic carbocycles. The van der Waals surface area contributed by atoms with E-state index in [0.29, 0.717) is 42.5 Å². The molecule has 4 heterocycles. The summed E-state index contributed by atoms with van der Waals surface area (Å²) < 4.78 is 33.9. The first kappa shape index (κ1) is 25.3. The van der Waals surface area contributed by atoms with Gasteiger partial charge in [-0.3, -0.25) is 0 Å². The van der Waals surface area contributed by atoms with Gasteiger partial charge in [0.05, 0.1) is 18.0 Å². The van der Waals surface area contributed by atoms with Crippen LogP contribution < -0.4 is 5.73 Å². The van der Waals surface area contributed by atoms with Gasteiger partial charge in [-0.2, -0.15) is 0 Å². The molecule has 4 aromatic rings. The van der Waals surface area contributed by atoms with Gasteiger partial charge in [-0.1, -0.05) is 11.8 Å². The van der Waals surface area contributed by atoms with Crippen LogP contribution in [-0.4, -0.2) is 56.6 Å². The van der Waals surface area contributed by atoms with Crippen molar-refractivity contribution in [2.75, 3.05) is 25.1 Å². The van der Waals surface area contributed by atoms with Crippen LogP contribution in [0.5, 0.6) is 0 Å². The number of aryl methyl sites for hydroxylation is 4. The van der Waals surface area contributed by atoms with Crippen LogP contribution in [0.3, 0.4) is 0 Å². The van der Waals surface area contributed by atoms with E-state index in [1.165, 1.54) is 23.7 Å². The Morgan fingerprint density at radius 2 is 1.97 bits per heavy atom. The Hall–Kier alpha value is -2.96. The summed E-state index contributed by atoms with van der Waals surface area (Å²) in [6, 6.07) is 4.45. The summed E-state index contributed by atoms with van der Waals surface area (Å²) in [5.74, 6) is 1.97. The first-order valence-electron chi connectivity index (χ1n) is 12.9. The molecule has 2 aliphatic rings. The van der Waals surface area contributed by atoms with Crippen molar-refractivity contribution < 1.29 is 12.8 Å². The van der Waals surface area contributed by atoms with Gasteiger partial charge in [-0.25, -0.2) is 32.7 Å². The number of rotatable bonds is 7. The minimum absolute atomic E-state index is 0.263. The number of fused-ring (bicyclic) bond motifs is 2. The number of imidazole rings is 1. The minimum atomic E-state index is -3.20. The number of hydrogen-bond donors (Lipinski definition) is 1. The lowest BCUT2D eigenvalue weighted by Crippen LogP contribution is -2.39. The Kier molecular flexibility index (Phi) is 6.65. The lowest BCUT2D eigenvalue weighted by atomic mass is 9.96. The number of oxazole rings is 1. The van der Waals surface area contributed by atoms with Crippen molar-refractivity contribution in [3.63, 3.8) is 0 Å². The van der Waals surface area contributed by atoms with E-state index < -0.39 is 10.0 Å². The summed E-state index contributed by atoms with van der Waals surface area (Å²) in [6.07, 6.45) is 10.4. The summed E-state index contributed by atoms with van der Waals surface area (Å²) in [4.78, 5) is 19.1. The molecule has 0 amide bonds. The molecular formula is C26H31N7O3S2. The van der Waals surface area contributed by atoms with Crippen LogP contribution in [0.25, 0.3) is 22.6 Å². The summed E-state index contributed by atoms with van der Waals surface area (Å²) >= 11 is 1.56. The molecular weight excluding hydrogens is 522 g/mol. The van der Waals surface area contributed by atoms with E-state index in [9.17, 15) is 8.42 Å². The molecule has 0 radical (unpaired) electrons. The number of anilines is 1. The molecule has 6 rings (SSSR count). The molecule has 1 saturated heterocycles. The Morgan fingerprint density at radius 1 is 1.16 bits per heavy atom. The van der Waals surface area contributed by atoms with Crippen molar-refractivity contribution in [2.45, 2.75) is 62.0 Å². The quantitative estimate of drug-likeness (QED) is 0.359. The van der Waals surface area contributed by atoms with Crippen LogP contribution in [0.2, 0.25) is 0 Å². The topological polar surface area (TPSA) is 133 Å². The van der Waals surface area contributed by atoms with Gasteiger partial charge < -0.3 is 14.7 Å². The number of aromatic nitrogens is 5. The first-order valence-corrected chi connectivity index (χ1v) is 15.6. The third kappa shape index (κ3) is 4.92. The molecule has 0 spiro atoms. The Morgan fingerprint density at radius 3 is 2.74 bits per heavy atom. The zero-order valence-corrected chi connectivity index (χ0v) is 23.2. The molecule has 1 unspecified atom stereocenters. The number of hydrogen-bond acceptors (Lipinski definition) is 9. The first-order chi connectivity index (χ1) is 18.3. The lowest BCUT2D eigenvalue weighted by molar-refractivity contribution is 0.249. The monoisotopic (exact) mass is 553 g/mol. The molecule has 1 aromatic carbocycles. The lowest BCUT2D eigenvalue weighted by Gasteiger charge is -2.31. The highest BCUT2D eigenvalue weighted by Crippen LogP contribution is 2.41. The fraction of sp³-hybridized carbons (Fsp3) is 0.462. The van der Waals surface area contributed by atoms with Crippen molar-refractivity contribution >= 4 is 38.8 Å². The van der Waals surface area contributed by atoms with Gasteiger partial charge >= 0.3 is 0 Å². The van der Waals surface area contributed by atoms with E-state index in [4.69, 9.17) is 15.1 Å². The predicted octanol–water partition coefficient (Wildman–Crippen LogP) is 4.07. The van der Waals surface area contributed by atoms with Gasteiger partial charge in [0.15, 0.2) is 22.1 Å². The molecule has 0 bridgehead atoms. The summed E-state index contributed by atoms with van der Waals surface area (Å²) in [5, 5.41) is 0.769. The molecule has 2 N–H and O–H groups in total. The van der Waals surface area contributed by atoms with E-state index in [0.717, 1.165) is 59.9 Å². The van der Waals surface area contributed by atoms with Gasteiger partial charge in [0.1, 0.15) is 12.1 Å². The third-order valence-corrected chi connectivity index (χ3v) is 9.81. The van der Waals surface area contributed by atoms with E-state index in [2.05, 4.69) is 31.7 Å². The summed E-state index contributed by atoms with van der Waals surface area (Å²) in [5.41, 5.74) is 11.1. The van der Waals surface area contributed by atoms with Crippen LogP contribution in [0, 0.1) is 12.8 Å². The molecule has 1 fully saturated rings. The number of sulfonamides is 1. The van der Waals surface area contributed by atoms with Crippen molar-refractivity contribution in [3.05, 3.63) is 41.5 Å². The third-order valence-electron chi connectivity index (χ3n) is 7.48. The van der Waals surface area contributed by atoms with Gasteiger partial charge in [-0.15, -0.1) is 0 Å². The highest BCUT2D eigenvalue weighted by molar-refractivity contribution is 7.99. The summed E-state index contributed by atoms with van der Waals surface area (Å²) in [6.45, 7) is 3.68. The van der Waals surface area contributed by atoms with Crippen LogP contribution in [0.15, 0.2) is 39.1 Å². The molecule has 1 atom stereocenters. The summed E-state index contributed by atoms with van der Waals surface area (Å²) in [7, 11) is -3.20. The predicted molar refractivity (Wildman–Crippen MR) is 146 cm³/mol. The van der Waals surface area contributed by atoms with Gasteiger partial charge in [0, 0.05) is 24.5 Å². The molecule has 3 aromatic heterocycles. The minimum Gasteiger partial charge on any atom is -0.441 e. The SMILES string of the molecule is Cc1cnc(-c2cc3c(cc2Sc2nc4c(N)ncnc4n2CCC2CCCN(S(C)(=O)=O)C2)CCC3)o1. The highest BCUT2D eigenvalue weighted by Gasteiger charge is 2.27. The van der Waals surface area contributed by atoms with Crippen molar-refractivity contribution in [2.24, 2.45) is 5.92 Å². The Bertz CT molecular complexity index is 1610. The maximum absolute atomic E-state index is 12.1. The van der Waals surface area contributed by atoms with Gasteiger partial charge in [-0.05, 0) is 74.6 Å². The van der Waals surface area contributed by atoms with E-state index in [1.54, 1.807) is 22.3 Å². The zero-order valence-electron chi connectivity index (χ0n) is 21.6. The van der Waals surface area contributed by atoms with Crippen molar-refractivity contribution in [1.82, 2.24) is 28.8 Å². The van der Waals surface area contributed by atoms with Gasteiger partial charge in [0.25, 0.3) is 0 Å². The molecule has 12 heteroatoms. The van der Waals surface area contributed by atoms with Crippen LogP contribution >= 0.6 is 11.8 Å². The maximum Gasteiger partial charge on any atom is 0.227 e. The van der Waals surface area contributed by atoms with Crippen molar-refractivity contribution in [1.29, 1.82) is 0 Å².